The molecule has 1 heterocycles. The van der Waals surface area contributed by atoms with Gasteiger partial charge in [-0.2, -0.15) is 11.3 Å². The highest BCUT2D eigenvalue weighted by Gasteiger charge is 2.20. The van der Waals surface area contributed by atoms with Crippen LogP contribution in [0.1, 0.15) is 15.9 Å². The van der Waals surface area contributed by atoms with Crippen LogP contribution in [0.2, 0.25) is 0 Å². The summed E-state index contributed by atoms with van der Waals surface area (Å²) < 4.78 is 0. The molecule has 0 spiro atoms. The van der Waals surface area contributed by atoms with Crippen molar-refractivity contribution >= 4 is 28.6 Å². The van der Waals surface area contributed by atoms with Gasteiger partial charge in [-0.3, -0.25) is 14.9 Å². The number of rotatable bonds is 6. The fraction of sp³-hybridized carbons (Fsp3) is 0.214. The Morgan fingerprint density at radius 2 is 2.19 bits per heavy atom. The van der Waals surface area contributed by atoms with E-state index in [2.05, 4.69) is 10.6 Å². The molecular weight excluding hydrogens is 290 g/mol. The van der Waals surface area contributed by atoms with E-state index >= 15 is 0 Å². The van der Waals surface area contributed by atoms with Crippen molar-refractivity contribution in [3.8, 4) is 0 Å². The monoisotopic (exact) mass is 305 g/mol. The van der Waals surface area contributed by atoms with Crippen LogP contribution in [-0.2, 0) is 6.42 Å². The van der Waals surface area contributed by atoms with Crippen LogP contribution in [0.25, 0.3) is 0 Å². The predicted octanol–water partition coefficient (Wildman–Crippen LogP) is 2.67. The summed E-state index contributed by atoms with van der Waals surface area (Å²) in [4.78, 5) is 22.6. The Hall–Kier alpha value is -2.41. The normalized spacial score (nSPS) is 10.1. The smallest absolute Gasteiger partial charge is 0.293 e. The molecule has 1 aromatic heterocycles. The molecule has 0 saturated heterocycles. The Bertz CT molecular complexity index is 641. The summed E-state index contributed by atoms with van der Waals surface area (Å²) >= 11 is 1.61. The van der Waals surface area contributed by atoms with Gasteiger partial charge in [0.25, 0.3) is 11.6 Å². The Morgan fingerprint density at radius 1 is 1.38 bits per heavy atom. The lowest BCUT2D eigenvalue weighted by Gasteiger charge is -2.09. The third-order valence-corrected chi connectivity index (χ3v) is 3.75. The molecule has 0 aliphatic carbocycles. The van der Waals surface area contributed by atoms with Gasteiger partial charge in [-0.15, -0.1) is 0 Å². The number of carbonyl (C=O) groups is 1. The van der Waals surface area contributed by atoms with Gasteiger partial charge < -0.3 is 10.6 Å². The SMILES string of the molecule is CNc1c(C(=O)NCCc2ccsc2)cccc1[N+](=O)[O-]. The second-order valence-corrected chi connectivity index (χ2v) is 5.12. The molecule has 7 heteroatoms. The van der Waals surface area contributed by atoms with Crippen molar-refractivity contribution in [1.82, 2.24) is 5.32 Å². The minimum atomic E-state index is -0.506. The number of nitrogens with zero attached hydrogens (tertiary/aromatic N) is 1. The van der Waals surface area contributed by atoms with Gasteiger partial charge in [0, 0.05) is 19.7 Å². The fourth-order valence-corrected chi connectivity index (χ4v) is 2.70. The highest BCUT2D eigenvalue weighted by atomic mass is 32.1. The zero-order valence-electron chi connectivity index (χ0n) is 11.5. The third-order valence-electron chi connectivity index (χ3n) is 3.01. The molecule has 0 fully saturated rings. The van der Waals surface area contributed by atoms with Gasteiger partial charge in [0.2, 0.25) is 0 Å². The lowest BCUT2D eigenvalue weighted by molar-refractivity contribution is -0.384. The number of nitro benzene ring substituents is 1. The number of hydrogen-bond donors (Lipinski definition) is 2. The number of thiophene rings is 1. The van der Waals surface area contributed by atoms with E-state index < -0.39 is 4.92 Å². The second kappa shape index (κ2) is 6.85. The van der Waals surface area contributed by atoms with Gasteiger partial charge in [0.1, 0.15) is 5.69 Å². The number of amides is 1. The highest BCUT2D eigenvalue weighted by Crippen LogP contribution is 2.27. The maximum absolute atomic E-state index is 12.2. The quantitative estimate of drug-likeness (QED) is 0.635. The van der Waals surface area contributed by atoms with E-state index in [-0.39, 0.29) is 22.8 Å². The van der Waals surface area contributed by atoms with Crippen molar-refractivity contribution in [2.75, 3.05) is 18.9 Å². The average molecular weight is 305 g/mol. The maximum Gasteiger partial charge on any atom is 0.293 e. The van der Waals surface area contributed by atoms with Crippen molar-refractivity contribution in [3.05, 3.63) is 56.3 Å². The molecule has 21 heavy (non-hydrogen) atoms. The molecular formula is C14H15N3O3S. The molecule has 0 saturated carbocycles. The van der Waals surface area contributed by atoms with E-state index in [0.29, 0.717) is 6.54 Å². The summed E-state index contributed by atoms with van der Waals surface area (Å²) in [7, 11) is 1.56. The van der Waals surface area contributed by atoms with Crippen molar-refractivity contribution in [2.45, 2.75) is 6.42 Å². The van der Waals surface area contributed by atoms with Crippen LogP contribution >= 0.6 is 11.3 Å². The molecule has 6 nitrogen and oxygen atoms in total. The number of carbonyl (C=O) groups excluding carboxylic acids is 1. The first-order valence-corrected chi connectivity index (χ1v) is 7.32. The number of benzene rings is 1. The molecule has 1 amide bonds. The minimum Gasteiger partial charge on any atom is -0.382 e. The summed E-state index contributed by atoms with van der Waals surface area (Å²) in [6.45, 7) is 0.488. The van der Waals surface area contributed by atoms with Gasteiger partial charge in [-0.1, -0.05) is 6.07 Å². The van der Waals surface area contributed by atoms with Crippen LogP contribution in [-0.4, -0.2) is 24.4 Å². The first-order valence-electron chi connectivity index (χ1n) is 6.38. The first kappa shape index (κ1) is 15.0. The second-order valence-electron chi connectivity index (χ2n) is 4.34. The molecule has 0 atom stereocenters. The van der Waals surface area contributed by atoms with Crippen LogP contribution in [0.5, 0.6) is 0 Å². The summed E-state index contributed by atoms with van der Waals surface area (Å²) in [5, 5.41) is 20.5. The Labute approximate surface area is 126 Å². The topological polar surface area (TPSA) is 84.3 Å². The van der Waals surface area contributed by atoms with Crippen LogP contribution in [0, 0.1) is 10.1 Å². The summed E-state index contributed by atoms with van der Waals surface area (Å²) in [6.07, 6.45) is 0.735. The van der Waals surface area contributed by atoms with Crippen LogP contribution in [0.3, 0.4) is 0 Å². The van der Waals surface area contributed by atoms with Crippen LogP contribution in [0.4, 0.5) is 11.4 Å². The Kier molecular flexibility index (Phi) is 4.89. The fourth-order valence-electron chi connectivity index (χ4n) is 1.99. The van der Waals surface area contributed by atoms with Crippen LogP contribution in [0.15, 0.2) is 35.0 Å². The molecule has 0 aliphatic heterocycles. The Balaban J connectivity index is 2.08. The van der Waals surface area contributed by atoms with Gasteiger partial charge >= 0.3 is 0 Å². The number of anilines is 1. The van der Waals surface area contributed by atoms with Gasteiger partial charge in [-0.05, 0) is 34.9 Å². The average Bonchev–Trinajstić information content (AvgIpc) is 2.99. The molecule has 110 valence electrons. The molecule has 2 rings (SSSR count). The van der Waals surface area contributed by atoms with Crippen molar-refractivity contribution in [1.29, 1.82) is 0 Å². The zero-order valence-corrected chi connectivity index (χ0v) is 12.3. The van der Waals surface area contributed by atoms with Crippen molar-refractivity contribution in [3.63, 3.8) is 0 Å². The molecule has 1 aromatic carbocycles. The lowest BCUT2D eigenvalue weighted by atomic mass is 10.1. The lowest BCUT2D eigenvalue weighted by Crippen LogP contribution is -2.26. The van der Waals surface area contributed by atoms with E-state index in [0.717, 1.165) is 12.0 Å². The van der Waals surface area contributed by atoms with Crippen molar-refractivity contribution < 1.29 is 9.72 Å². The molecule has 0 bridgehead atoms. The maximum atomic E-state index is 12.2. The third kappa shape index (κ3) is 3.57. The van der Waals surface area contributed by atoms with Gasteiger partial charge in [-0.25, -0.2) is 0 Å². The number of para-hydroxylation sites is 1. The van der Waals surface area contributed by atoms with Crippen LogP contribution < -0.4 is 10.6 Å². The largest absolute Gasteiger partial charge is 0.382 e. The highest BCUT2D eigenvalue weighted by molar-refractivity contribution is 7.07. The number of hydrogen-bond acceptors (Lipinski definition) is 5. The summed E-state index contributed by atoms with van der Waals surface area (Å²) in [5.41, 5.74) is 1.56. The van der Waals surface area contributed by atoms with E-state index in [1.807, 2.05) is 16.8 Å². The molecule has 0 aliphatic rings. The molecule has 0 radical (unpaired) electrons. The van der Waals surface area contributed by atoms with E-state index in [1.165, 1.54) is 12.1 Å². The van der Waals surface area contributed by atoms with E-state index in [1.54, 1.807) is 24.5 Å². The standard InChI is InChI=1S/C14H15N3O3S/c1-15-13-11(3-2-4-12(13)17(19)20)14(18)16-7-5-10-6-8-21-9-10/h2-4,6,8-9,15H,5,7H2,1H3,(H,16,18). The van der Waals surface area contributed by atoms with E-state index in [4.69, 9.17) is 0 Å². The number of nitrogens with one attached hydrogen (secondary N) is 2. The molecule has 2 N–H and O–H groups in total. The van der Waals surface area contributed by atoms with E-state index in [9.17, 15) is 14.9 Å². The first-order chi connectivity index (χ1) is 10.1. The predicted molar refractivity (Wildman–Crippen MR) is 83.0 cm³/mol. The van der Waals surface area contributed by atoms with Gasteiger partial charge in [0.15, 0.2) is 0 Å². The Morgan fingerprint density at radius 3 is 2.81 bits per heavy atom. The number of nitro groups is 1. The molecule has 0 unspecified atom stereocenters. The minimum absolute atomic E-state index is 0.108. The zero-order chi connectivity index (χ0) is 15.2. The van der Waals surface area contributed by atoms with Crippen molar-refractivity contribution in [2.24, 2.45) is 0 Å². The molecule has 2 aromatic rings. The summed E-state index contributed by atoms with van der Waals surface area (Å²) in [5.74, 6) is -0.321. The summed E-state index contributed by atoms with van der Waals surface area (Å²) in [6, 6.07) is 6.45. The van der Waals surface area contributed by atoms with Gasteiger partial charge in [0.05, 0.1) is 10.5 Å².